The van der Waals surface area contributed by atoms with E-state index in [0.717, 1.165) is 19.3 Å². The molecule has 0 aromatic rings. The summed E-state index contributed by atoms with van der Waals surface area (Å²) in [5.74, 6) is 0. The van der Waals surface area contributed by atoms with Crippen LogP contribution in [0, 0.1) is 0 Å². The van der Waals surface area contributed by atoms with Gasteiger partial charge in [-0.1, -0.05) is 0 Å². The third kappa shape index (κ3) is 8.22. The van der Waals surface area contributed by atoms with Crippen LogP contribution in [-0.2, 0) is 9.47 Å². The Kier molecular flexibility index (Phi) is 8.40. The van der Waals surface area contributed by atoms with E-state index in [0.29, 0.717) is 13.2 Å². The van der Waals surface area contributed by atoms with E-state index in [-0.39, 0.29) is 12.4 Å². The molecule has 0 aromatic heterocycles. The Morgan fingerprint density at radius 2 is 1.62 bits per heavy atom. The highest BCUT2D eigenvalue weighted by Crippen LogP contribution is 2.08. The number of hydrogen-bond donors (Lipinski definition) is 1. The van der Waals surface area contributed by atoms with Gasteiger partial charge in [0.2, 0.25) is 0 Å². The largest absolute Gasteiger partial charge is 0.393 e. The van der Waals surface area contributed by atoms with Crippen LogP contribution < -0.4 is 0 Å². The molecule has 0 amide bonds. The molecule has 0 radical (unpaired) electrons. The highest BCUT2D eigenvalue weighted by molar-refractivity contribution is 4.51. The van der Waals surface area contributed by atoms with Crippen molar-refractivity contribution in [2.24, 2.45) is 0 Å². The molecule has 0 aliphatic heterocycles. The Bertz CT molecular complexity index is 98.3. The molecule has 0 rings (SSSR count). The van der Waals surface area contributed by atoms with Crippen molar-refractivity contribution in [2.45, 2.75) is 52.4 Å². The van der Waals surface area contributed by atoms with Gasteiger partial charge < -0.3 is 14.6 Å². The molecule has 80 valence electrons. The molecular formula is C10H22O3. The van der Waals surface area contributed by atoms with Crippen molar-refractivity contribution in [2.75, 3.05) is 13.2 Å². The minimum atomic E-state index is -0.219. The molecule has 0 heterocycles. The maximum atomic E-state index is 9.04. The Balaban J connectivity index is 3.44. The van der Waals surface area contributed by atoms with Gasteiger partial charge >= 0.3 is 0 Å². The van der Waals surface area contributed by atoms with Crippen LogP contribution in [0.3, 0.4) is 0 Å². The zero-order valence-corrected chi connectivity index (χ0v) is 8.95. The lowest BCUT2D eigenvalue weighted by Gasteiger charge is -2.16. The summed E-state index contributed by atoms with van der Waals surface area (Å²) in [5, 5.41) is 9.04. The van der Waals surface area contributed by atoms with E-state index >= 15 is 0 Å². The smallest absolute Gasteiger partial charge is 0.157 e. The molecule has 3 heteroatoms. The van der Waals surface area contributed by atoms with E-state index in [9.17, 15) is 0 Å². The van der Waals surface area contributed by atoms with Gasteiger partial charge in [-0.3, -0.25) is 0 Å². The minimum Gasteiger partial charge on any atom is -0.393 e. The number of aliphatic hydroxyl groups is 1. The Morgan fingerprint density at radius 1 is 1.08 bits per heavy atom. The Labute approximate surface area is 81.0 Å². The fourth-order valence-electron chi connectivity index (χ4n) is 1.17. The van der Waals surface area contributed by atoms with Crippen LogP contribution in [0.15, 0.2) is 0 Å². The summed E-state index contributed by atoms with van der Waals surface area (Å²) in [6, 6.07) is 0. The van der Waals surface area contributed by atoms with Crippen LogP contribution in [-0.4, -0.2) is 30.7 Å². The summed E-state index contributed by atoms with van der Waals surface area (Å²) in [7, 11) is 0. The lowest BCUT2D eigenvalue weighted by Crippen LogP contribution is -2.17. The van der Waals surface area contributed by atoms with E-state index in [1.165, 1.54) is 0 Å². The Hall–Kier alpha value is -0.120. The lowest BCUT2D eigenvalue weighted by molar-refractivity contribution is -0.140. The first-order valence-electron chi connectivity index (χ1n) is 5.12. The van der Waals surface area contributed by atoms with Crippen molar-refractivity contribution < 1.29 is 14.6 Å². The first-order chi connectivity index (χ1) is 6.20. The number of hydrogen-bond acceptors (Lipinski definition) is 3. The van der Waals surface area contributed by atoms with Crippen LogP contribution in [0.4, 0.5) is 0 Å². The minimum absolute atomic E-state index is 0.0891. The van der Waals surface area contributed by atoms with Gasteiger partial charge in [-0.05, 0) is 40.0 Å². The van der Waals surface area contributed by atoms with Gasteiger partial charge in [-0.25, -0.2) is 0 Å². The van der Waals surface area contributed by atoms with Crippen LogP contribution in [0.1, 0.15) is 40.0 Å². The van der Waals surface area contributed by atoms with Crippen molar-refractivity contribution in [3.8, 4) is 0 Å². The second-order valence-electron chi connectivity index (χ2n) is 3.12. The topological polar surface area (TPSA) is 38.7 Å². The zero-order valence-electron chi connectivity index (χ0n) is 8.95. The zero-order chi connectivity index (χ0) is 10.1. The molecule has 0 fully saturated rings. The molecule has 3 nitrogen and oxygen atoms in total. The van der Waals surface area contributed by atoms with Gasteiger partial charge in [0.25, 0.3) is 0 Å². The summed E-state index contributed by atoms with van der Waals surface area (Å²) < 4.78 is 10.7. The van der Waals surface area contributed by atoms with E-state index in [1.807, 2.05) is 13.8 Å². The summed E-state index contributed by atoms with van der Waals surface area (Å²) in [6.07, 6.45) is 2.32. The average Bonchev–Trinajstić information content (AvgIpc) is 2.04. The van der Waals surface area contributed by atoms with E-state index in [4.69, 9.17) is 14.6 Å². The summed E-state index contributed by atoms with van der Waals surface area (Å²) in [4.78, 5) is 0. The molecule has 13 heavy (non-hydrogen) atoms. The third-order valence-corrected chi connectivity index (χ3v) is 1.77. The monoisotopic (exact) mass is 190 g/mol. The maximum Gasteiger partial charge on any atom is 0.157 e. The molecule has 0 aliphatic carbocycles. The van der Waals surface area contributed by atoms with Gasteiger partial charge in [0.15, 0.2) is 6.29 Å². The standard InChI is InChI=1S/C10H22O3/c1-4-12-10(13-5-2)8-6-7-9(3)11/h9-11H,4-8H2,1-3H3. The number of aliphatic hydroxyl groups excluding tert-OH is 1. The SMILES string of the molecule is CCOC(CCCC(C)O)OCC. The first kappa shape index (κ1) is 12.9. The molecule has 0 saturated heterocycles. The average molecular weight is 190 g/mol. The van der Waals surface area contributed by atoms with Gasteiger partial charge in [0, 0.05) is 13.2 Å². The van der Waals surface area contributed by atoms with Crippen molar-refractivity contribution in [3.63, 3.8) is 0 Å². The van der Waals surface area contributed by atoms with Crippen LogP contribution in [0.25, 0.3) is 0 Å². The maximum absolute atomic E-state index is 9.04. The first-order valence-corrected chi connectivity index (χ1v) is 5.12. The van der Waals surface area contributed by atoms with Crippen LogP contribution >= 0.6 is 0 Å². The summed E-state index contributed by atoms with van der Waals surface area (Å²) in [6.45, 7) is 7.08. The highest BCUT2D eigenvalue weighted by Gasteiger charge is 2.07. The molecule has 0 aliphatic rings. The summed E-state index contributed by atoms with van der Waals surface area (Å²) >= 11 is 0. The van der Waals surface area contributed by atoms with E-state index in [1.54, 1.807) is 6.92 Å². The van der Waals surface area contributed by atoms with Gasteiger partial charge in [-0.2, -0.15) is 0 Å². The molecule has 0 bridgehead atoms. The molecule has 0 saturated carbocycles. The number of rotatable bonds is 8. The predicted octanol–water partition coefficient (Wildman–Crippen LogP) is 1.94. The molecule has 1 N–H and O–H groups in total. The molecule has 1 atom stereocenters. The van der Waals surface area contributed by atoms with Gasteiger partial charge in [0.1, 0.15) is 0 Å². The Morgan fingerprint density at radius 3 is 2.00 bits per heavy atom. The van der Waals surface area contributed by atoms with Crippen molar-refractivity contribution in [1.29, 1.82) is 0 Å². The van der Waals surface area contributed by atoms with E-state index in [2.05, 4.69) is 0 Å². The normalized spacial score (nSPS) is 13.6. The molecular weight excluding hydrogens is 168 g/mol. The van der Waals surface area contributed by atoms with Crippen LogP contribution in [0.5, 0.6) is 0 Å². The third-order valence-electron chi connectivity index (χ3n) is 1.77. The highest BCUT2D eigenvalue weighted by atomic mass is 16.7. The van der Waals surface area contributed by atoms with Crippen LogP contribution in [0.2, 0.25) is 0 Å². The van der Waals surface area contributed by atoms with Gasteiger partial charge in [0.05, 0.1) is 6.10 Å². The molecule has 0 aromatic carbocycles. The second kappa shape index (κ2) is 8.48. The predicted molar refractivity (Wildman–Crippen MR) is 52.6 cm³/mol. The second-order valence-corrected chi connectivity index (χ2v) is 3.12. The lowest BCUT2D eigenvalue weighted by atomic mass is 10.2. The van der Waals surface area contributed by atoms with Crippen molar-refractivity contribution in [3.05, 3.63) is 0 Å². The molecule has 0 spiro atoms. The molecule has 1 unspecified atom stereocenters. The van der Waals surface area contributed by atoms with Crippen molar-refractivity contribution >= 4 is 0 Å². The quantitative estimate of drug-likeness (QED) is 0.594. The number of ether oxygens (including phenoxy) is 2. The van der Waals surface area contributed by atoms with Crippen molar-refractivity contribution in [1.82, 2.24) is 0 Å². The fourth-order valence-corrected chi connectivity index (χ4v) is 1.17. The summed E-state index contributed by atoms with van der Waals surface area (Å²) in [5.41, 5.74) is 0. The van der Waals surface area contributed by atoms with E-state index < -0.39 is 0 Å². The van der Waals surface area contributed by atoms with Gasteiger partial charge in [-0.15, -0.1) is 0 Å². The fraction of sp³-hybridized carbons (Fsp3) is 1.00.